The first-order chi connectivity index (χ1) is 6.90. The normalized spacial score (nSPS) is 10.9. The summed E-state index contributed by atoms with van der Waals surface area (Å²) in [5.41, 5.74) is 0.658. The summed E-state index contributed by atoms with van der Waals surface area (Å²) >= 11 is 0. The van der Waals surface area contributed by atoms with Crippen LogP contribution >= 0.6 is 0 Å². The van der Waals surface area contributed by atoms with Crippen LogP contribution < -0.4 is 4.74 Å². The molecule has 80 valence electrons. The summed E-state index contributed by atoms with van der Waals surface area (Å²) in [6.07, 6.45) is -4.40. The zero-order valence-corrected chi connectivity index (χ0v) is 7.80. The SMILES string of the molecule is Cc1cc(C#N)cc(OCC(F)(F)F)n1. The molecule has 0 spiro atoms. The highest BCUT2D eigenvalue weighted by atomic mass is 19.4. The van der Waals surface area contributed by atoms with E-state index in [1.54, 1.807) is 13.0 Å². The molecule has 0 aliphatic rings. The van der Waals surface area contributed by atoms with Crippen LogP contribution in [0, 0.1) is 18.3 Å². The number of rotatable bonds is 2. The van der Waals surface area contributed by atoms with Crippen molar-refractivity contribution in [3.63, 3.8) is 0 Å². The molecule has 0 saturated heterocycles. The number of nitrogens with zero attached hydrogens (tertiary/aromatic N) is 2. The van der Waals surface area contributed by atoms with Gasteiger partial charge in [-0.15, -0.1) is 0 Å². The minimum absolute atomic E-state index is 0.191. The fourth-order valence-corrected chi connectivity index (χ4v) is 0.932. The maximum absolute atomic E-state index is 11.8. The fourth-order valence-electron chi connectivity index (χ4n) is 0.932. The van der Waals surface area contributed by atoms with E-state index in [1.165, 1.54) is 12.1 Å². The van der Waals surface area contributed by atoms with Crippen molar-refractivity contribution in [2.75, 3.05) is 6.61 Å². The predicted octanol–water partition coefficient (Wildman–Crippen LogP) is 2.20. The van der Waals surface area contributed by atoms with E-state index in [9.17, 15) is 13.2 Å². The van der Waals surface area contributed by atoms with E-state index < -0.39 is 12.8 Å². The average molecular weight is 216 g/mol. The van der Waals surface area contributed by atoms with E-state index >= 15 is 0 Å². The van der Waals surface area contributed by atoms with Crippen LogP contribution in [-0.4, -0.2) is 17.8 Å². The second kappa shape index (κ2) is 4.17. The molecule has 0 unspecified atom stereocenters. The first kappa shape index (κ1) is 11.3. The fraction of sp³-hybridized carbons (Fsp3) is 0.333. The molecule has 6 heteroatoms. The van der Waals surface area contributed by atoms with Crippen LogP contribution in [0.25, 0.3) is 0 Å². The van der Waals surface area contributed by atoms with Crippen molar-refractivity contribution in [1.29, 1.82) is 5.26 Å². The Balaban J connectivity index is 2.78. The number of ether oxygens (including phenoxy) is 1. The molecular weight excluding hydrogens is 209 g/mol. The lowest BCUT2D eigenvalue weighted by Gasteiger charge is -2.08. The molecule has 0 fully saturated rings. The number of nitriles is 1. The van der Waals surface area contributed by atoms with Gasteiger partial charge in [0.1, 0.15) is 0 Å². The van der Waals surface area contributed by atoms with Gasteiger partial charge in [-0.1, -0.05) is 0 Å². The Labute approximate surface area is 84.1 Å². The molecule has 0 N–H and O–H groups in total. The molecule has 3 nitrogen and oxygen atoms in total. The van der Waals surface area contributed by atoms with Crippen LogP contribution in [0.5, 0.6) is 5.88 Å². The van der Waals surface area contributed by atoms with Crippen molar-refractivity contribution in [2.45, 2.75) is 13.1 Å². The molecule has 1 heterocycles. The lowest BCUT2D eigenvalue weighted by Crippen LogP contribution is -2.19. The van der Waals surface area contributed by atoms with E-state index in [1.807, 2.05) is 0 Å². The highest BCUT2D eigenvalue weighted by Crippen LogP contribution is 2.18. The van der Waals surface area contributed by atoms with E-state index in [0.717, 1.165) is 0 Å². The number of aryl methyl sites for hydroxylation is 1. The van der Waals surface area contributed by atoms with Crippen LogP contribution in [0.3, 0.4) is 0 Å². The molecule has 0 bridgehead atoms. The zero-order chi connectivity index (χ0) is 11.5. The van der Waals surface area contributed by atoms with Gasteiger partial charge in [-0.2, -0.15) is 18.4 Å². The Morgan fingerprint density at radius 3 is 2.67 bits per heavy atom. The zero-order valence-electron chi connectivity index (χ0n) is 7.80. The van der Waals surface area contributed by atoms with Gasteiger partial charge in [-0.05, 0) is 13.0 Å². The number of halogens is 3. The summed E-state index contributed by atoms with van der Waals surface area (Å²) in [4.78, 5) is 3.71. The quantitative estimate of drug-likeness (QED) is 0.761. The highest BCUT2D eigenvalue weighted by Gasteiger charge is 2.28. The van der Waals surface area contributed by atoms with Crippen molar-refractivity contribution in [3.05, 3.63) is 23.4 Å². The number of pyridine rings is 1. The van der Waals surface area contributed by atoms with Crippen molar-refractivity contribution in [1.82, 2.24) is 4.98 Å². The lowest BCUT2D eigenvalue weighted by molar-refractivity contribution is -0.154. The van der Waals surface area contributed by atoms with Gasteiger partial charge in [-0.25, -0.2) is 4.98 Å². The monoisotopic (exact) mass is 216 g/mol. The Kier molecular flexibility index (Phi) is 3.14. The average Bonchev–Trinajstić information content (AvgIpc) is 2.13. The molecule has 0 aliphatic heterocycles. The van der Waals surface area contributed by atoms with E-state index in [4.69, 9.17) is 5.26 Å². The molecule has 0 amide bonds. The van der Waals surface area contributed by atoms with Gasteiger partial charge >= 0.3 is 6.18 Å². The summed E-state index contributed by atoms with van der Waals surface area (Å²) in [5, 5.41) is 8.56. The maximum Gasteiger partial charge on any atom is 0.422 e. The molecule has 0 saturated carbocycles. The minimum Gasteiger partial charge on any atom is -0.468 e. The molecule has 1 rings (SSSR count). The van der Waals surface area contributed by atoms with Gasteiger partial charge in [0.15, 0.2) is 6.61 Å². The first-order valence-corrected chi connectivity index (χ1v) is 3.99. The molecule has 1 aromatic heterocycles. The summed E-state index contributed by atoms with van der Waals surface area (Å²) in [6.45, 7) is 0.162. The van der Waals surface area contributed by atoms with Crippen molar-refractivity contribution < 1.29 is 17.9 Å². The van der Waals surface area contributed by atoms with Gasteiger partial charge < -0.3 is 4.74 Å². The summed E-state index contributed by atoms with van der Waals surface area (Å²) in [7, 11) is 0. The van der Waals surface area contributed by atoms with Gasteiger partial charge in [0.2, 0.25) is 5.88 Å². The highest BCUT2D eigenvalue weighted by molar-refractivity contribution is 5.34. The van der Waals surface area contributed by atoms with Crippen LogP contribution in [0.1, 0.15) is 11.3 Å². The number of hydrogen-bond acceptors (Lipinski definition) is 3. The Morgan fingerprint density at radius 1 is 1.47 bits per heavy atom. The molecule has 15 heavy (non-hydrogen) atoms. The number of aromatic nitrogens is 1. The molecular formula is C9H7F3N2O. The summed E-state index contributed by atoms with van der Waals surface area (Å²) in [5.74, 6) is -0.191. The number of hydrogen-bond donors (Lipinski definition) is 0. The van der Waals surface area contributed by atoms with E-state index in [-0.39, 0.29) is 11.4 Å². The second-order valence-corrected chi connectivity index (χ2v) is 2.85. The van der Waals surface area contributed by atoms with Gasteiger partial charge in [0, 0.05) is 11.8 Å². The molecule has 0 atom stereocenters. The van der Waals surface area contributed by atoms with Crippen LogP contribution in [0.15, 0.2) is 12.1 Å². The Bertz CT molecular complexity index is 395. The van der Waals surface area contributed by atoms with Crippen LogP contribution in [0.4, 0.5) is 13.2 Å². The third kappa shape index (κ3) is 3.85. The predicted molar refractivity (Wildman–Crippen MR) is 45.2 cm³/mol. The number of alkyl halides is 3. The Hall–Kier alpha value is -1.77. The van der Waals surface area contributed by atoms with E-state index in [0.29, 0.717) is 5.69 Å². The van der Waals surface area contributed by atoms with Crippen LogP contribution in [-0.2, 0) is 0 Å². The smallest absolute Gasteiger partial charge is 0.422 e. The Morgan fingerprint density at radius 2 is 2.13 bits per heavy atom. The van der Waals surface area contributed by atoms with E-state index in [2.05, 4.69) is 9.72 Å². The maximum atomic E-state index is 11.8. The van der Waals surface area contributed by atoms with Crippen molar-refractivity contribution in [2.24, 2.45) is 0 Å². The summed E-state index contributed by atoms with van der Waals surface area (Å²) < 4.78 is 39.8. The molecule has 0 radical (unpaired) electrons. The largest absolute Gasteiger partial charge is 0.468 e. The standard InChI is InChI=1S/C9H7F3N2O/c1-6-2-7(4-13)3-8(14-6)15-5-9(10,11)12/h2-3H,5H2,1H3. The van der Waals surface area contributed by atoms with Crippen molar-refractivity contribution >= 4 is 0 Å². The summed E-state index contributed by atoms with van der Waals surface area (Å²) in [6, 6.07) is 4.43. The van der Waals surface area contributed by atoms with Gasteiger partial charge in [0.05, 0.1) is 11.6 Å². The lowest BCUT2D eigenvalue weighted by atomic mass is 10.2. The van der Waals surface area contributed by atoms with Crippen LogP contribution in [0.2, 0.25) is 0 Å². The van der Waals surface area contributed by atoms with Gasteiger partial charge in [0.25, 0.3) is 0 Å². The topological polar surface area (TPSA) is 45.9 Å². The van der Waals surface area contributed by atoms with Gasteiger partial charge in [-0.3, -0.25) is 0 Å². The second-order valence-electron chi connectivity index (χ2n) is 2.85. The third-order valence-corrected chi connectivity index (χ3v) is 1.44. The molecule has 1 aromatic rings. The molecule has 0 aromatic carbocycles. The first-order valence-electron chi connectivity index (χ1n) is 3.99. The third-order valence-electron chi connectivity index (χ3n) is 1.44. The van der Waals surface area contributed by atoms with Crippen molar-refractivity contribution in [3.8, 4) is 11.9 Å². The molecule has 0 aliphatic carbocycles. The minimum atomic E-state index is -4.40.